The largest absolute Gasteiger partial charge is 0.476 e. The normalized spacial score (nSPS) is 11.4. The maximum absolute atomic E-state index is 12.3. The molecule has 0 aliphatic rings. The van der Waals surface area contributed by atoms with E-state index in [2.05, 4.69) is 20.5 Å². The molecular formula is C11H10F3N5O2. The molecular weight excluding hydrogens is 291 g/mol. The number of rotatable bonds is 5. The van der Waals surface area contributed by atoms with Gasteiger partial charge in [0.25, 0.3) is 0 Å². The molecule has 0 radical (unpaired) electrons. The van der Waals surface area contributed by atoms with E-state index >= 15 is 0 Å². The molecule has 0 saturated heterocycles. The van der Waals surface area contributed by atoms with Crippen LogP contribution in [0.25, 0.3) is 0 Å². The third-order valence-electron chi connectivity index (χ3n) is 2.48. The van der Waals surface area contributed by atoms with Crippen molar-refractivity contribution in [2.75, 3.05) is 11.9 Å². The van der Waals surface area contributed by atoms with Crippen LogP contribution in [-0.2, 0) is 12.7 Å². The average Bonchev–Trinajstić information content (AvgIpc) is 2.87. The molecule has 0 bridgehead atoms. The number of hydrogen-bond acceptors (Lipinski definition) is 5. The molecule has 0 amide bonds. The molecule has 0 saturated carbocycles. The Bertz CT molecular complexity index is 624. The summed E-state index contributed by atoms with van der Waals surface area (Å²) in [4.78, 5) is 14.3. The summed E-state index contributed by atoms with van der Waals surface area (Å²) in [6.45, 7) is 0.707. The van der Waals surface area contributed by atoms with Crippen molar-refractivity contribution < 1.29 is 23.1 Å². The molecule has 7 nitrogen and oxygen atoms in total. The van der Waals surface area contributed by atoms with Crippen molar-refractivity contribution in [1.29, 1.82) is 0 Å². The standard InChI is InChI=1S/C11H10F3N5O2/c12-11(13,14)8-1-2-9(18-17-8)15-3-4-19-5-7(10(20)21)16-6-19/h1-2,5-6H,3-4H2,(H,15,18)(H,20,21). The van der Waals surface area contributed by atoms with E-state index in [1.165, 1.54) is 23.2 Å². The average molecular weight is 301 g/mol. The number of aromatic nitrogens is 4. The molecule has 0 aliphatic heterocycles. The summed E-state index contributed by atoms with van der Waals surface area (Å²) >= 11 is 0. The maximum atomic E-state index is 12.3. The van der Waals surface area contributed by atoms with Crippen LogP contribution in [0.3, 0.4) is 0 Å². The highest BCUT2D eigenvalue weighted by Crippen LogP contribution is 2.26. The van der Waals surface area contributed by atoms with Gasteiger partial charge in [0, 0.05) is 19.3 Å². The predicted octanol–water partition coefficient (Wildman–Crippen LogP) is 1.50. The number of alkyl halides is 3. The molecule has 0 fully saturated rings. The Morgan fingerprint density at radius 3 is 2.62 bits per heavy atom. The molecule has 112 valence electrons. The van der Waals surface area contributed by atoms with Gasteiger partial charge in [0.05, 0.1) is 6.33 Å². The van der Waals surface area contributed by atoms with Crippen LogP contribution in [0.2, 0.25) is 0 Å². The maximum Gasteiger partial charge on any atom is 0.435 e. The Labute approximate surface area is 116 Å². The van der Waals surface area contributed by atoms with Crippen LogP contribution in [0.1, 0.15) is 16.2 Å². The van der Waals surface area contributed by atoms with E-state index in [1.54, 1.807) is 0 Å². The minimum atomic E-state index is -4.52. The Morgan fingerprint density at radius 2 is 2.10 bits per heavy atom. The van der Waals surface area contributed by atoms with Gasteiger partial charge in [-0.1, -0.05) is 0 Å². The van der Waals surface area contributed by atoms with E-state index in [1.807, 2.05) is 0 Å². The smallest absolute Gasteiger partial charge is 0.435 e. The molecule has 2 N–H and O–H groups in total. The molecule has 0 aromatic carbocycles. The van der Waals surface area contributed by atoms with Crippen molar-refractivity contribution in [3.8, 4) is 0 Å². The number of carboxylic acids is 1. The first-order chi connectivity index (χ1) is 9.86. The Morgan fingerprint density at radius 1 is 1.33 bits per heavy atom. The van der Waals surface area contributed by atoms with Crippen molar-refractivity contribution in [2.45, 2.75) is 12.7 Å². The van der Waals surface area contributed by atoms with Gasteiger partial charge < -0.3 is 15.0 Å². The first-order valence-electron chi connectivity index (χ1n) is 5.76. The van der Waals surface area contributed by atoms with Crippen LogP contribution in [0.15, 0.2) is 24.7 Å². The van der Waals surface area contributed by atoms with Crippen molar-refractivity contribution in [2.24, 2.45) is 0 Å². The van der Waals surface area contributed by atoms with Gasteiger partial charge in [-0.15, -0.1) is 10.2 Å². The fraction of sp³-hybridized carbons (Fsp3) is 0.273. The zero-order valence-corrected chi connectivity index (χ0v) is 10.5. The number of hydrogen-bond donors (Lipinski definition) is 2. The van der Waals surface area contributed by atoms with Crippen molar-refractivity contribution in [3.63, 3.8) is 0 Å². The lowest BCUT2D eigenvalue weighted by Gasteiger charge is -2.07. The van der Waals surface area contributed by atoms with Gasteiger partial charge in [0.15, 0.2) is 11.4 Å². The molecule has 2 aromatic rings. The van der Waals surface area contributed by atoms with Gasteiger partial charge in [-0.3, -0.25) is 0 Å². The molecule has 2 heterocycles. The SMILES string of the molecule is O=C(O)c1cn(CCNc2ccc(C(F)(F)F)nn2)cn1. The van der Waals surface area contributed by atoms with Gasteiger partial charge in [0.1, 0.15) is 5.82 Å². The number of halogens is 3. The monoisotopic (exact) mass is 301 g/mol. The minimum Gasteiger partial charge on any atom is -0.476 e. The quantitative estimate of drug-likeness (QED) is 0.869. The molecule has 2 aromatic heterocycles. The van der Waals surface area contributed by atoms with Crippen LogP contribution < -0.4 is 5.32 Å². The summed E-state index contributed by atoms with van der Waals surface area (Å²) in [5.74, 6) is -0.933. The second-order valence-electron chi connectivity index (χ2n) is 4.03. The van der Waals surface area contributed by atoms with Gasteiger partial charge in [0.2, 0.25) is 0 Å². The second kappa shape index (κ2) is 5.77. The molecule has 0 spiro atoms. The van der Waals surface area contributed by atoms with E-state index in [-0.39, 0.29) is 11.5 Å². The summed E-state index contributed by atoms with van der Waals surface area (Å²) in [6, 6.07) is 2.00. The zero-order chi connectivity index (χ0) is 15.5. The van der Waals surface area contributed by atoms with E-state index in [0.717, 1.165) is 6.07 Å². The highest BCUT2D eigenvalue weighted by molar-refractivity contribution is 5.84. The summed E-state index contributed by atoms with van der Waals surface area (Å²) in [7, 11) is 0. The van der Waals surface area contributed by atoms with Crippen LogP contribution in [0.5, 0.6) is 0 Å². The van der Waals surface area contributed by atoms with Gasteiger partial charge in [-0.2, -0.15) is 13.2 Å². The van der Waals surface area contributed by atoms with Gasteiger partial charge in [-0.25, -0.2) is 9.78 Å². The van der Waals surface area contributed by atoms with Crippen molar-refractivity contribution in [3.05, 3.63) is 36.0 Å². The number of aromatic carboxylic acids is 1. The van der Waals surface area contributed by atoms with Crippen LogP contribution in [0, 0.1) is 0 Å². The number of anilines is 1. The Balaban J connectivity index is 1.87. The summed E-state index contributed by atoms with van der Waals surface area (Å²) in [5.41, 5.74) is -1.14. The molecule has 10 heteroatoms. The molecule has 21 heavy (non-hydrogen) atoms. The van der Waals surface area contributed by atoms with Crippen molar-refractivity contribution >= 4 is 11.8 Å². The summed E-state index contributed by atoms with van der Waals surface area (Å²) < 4.78 is 38.4. The number of imidazole rings is 1. The lowest BCUT2D eigenvalue weighted by molar-refractivity contribution is -0.141. The fourth-order valence-corrected chi connectivity index (χ4v) is 1.48. The topological polar surface area (TPSA) is 92.9 Å². The lowest BCUT2D eigenvalue weighted by Crippen LogP contribution is -2.13. The first-order valence-corrected chi connectivity index (χ1v) is 5.76. The fourth-order valence-electron chi connectivity index (χ4n) is 1.48. The number of carbonyl (C=O) groups is 1. The van der Waals surface area contributed by atoms with E-state index in [0.29, 0.717) is 13.1 Å². The number of carboxylic acid groups (broad SMARTS) is 1. The zero-order valence-electron chi connectivity index (χ0n) is 10.5. The highest BCUT2D eigenvalue weighted by atomic mass is 19.4. The second-order valence-corrected chi connectivity index (χ2v) is 4.03. The number of nitrogens with zero attached hydrogens (tertiary/aromatic N) is 4. The van der Waals surface area contributed by atoms with E-state index in [9.17, 15) is 18.0 Å². The predicted molar refractivity (Wildman–Crippen MR) is 64.7 cm³/mol. The van der Waals surface area contributed by atoms with Crippen molar-refractivity contribution in [1.82, 2.24) is 19.7 Å². The van der Waals surface area contributed by atoms with Crippen LogP contribution in [-0.4, -0.2) is 37.4 Å². The first kappa shape index (κ1) is 14.8. The van der Waals surface area contributed by atoms with E-state index in [4.69, 9.17) is 5.11 Å². The third kappa shape index (κ3) is 3.91. The molecule has 2 rings (SSSR count). The van der Waals surface area contributed by atoms with Gasteiger partial charge in [-0.05, 0) is 12.1 Å². The molecule has 0 unspecified atom stereocenters. The highest BCUT2D eigenvalue weighted by Gasteiger charge is 2.32. The van der Waals surface area contributed by atoms with Gasteiger partial charge >= 0.3 is 12.1 Å². The van der Waals surface area contributed by atoms with E-state index < -0.39 is 17.8 Å². The lowest BCUT2D eigenvalue weighted by atomic mass is 10.4. The Hall–Kier alpha value is -2.65. The number of nitrogens with one attached hydrogen (secondary N) is 1. The summed E-state index contributed by atoms with van der Waals surface area (Å²) in [6.07, 6.45) is -1.82. The minimum absolute atomic E-state index is 0.0793. The van der Waals surface area contributed by atoms with Crippen LogP contribution >= 0.6 is 0 Å². The molecule has 0 aliphatic carbocycles. The van der Waals surface area contributed by atoms with Crippen LogP contribution in [0.4, 0.5) is 19.0 Å². The Kier molecular flexibility index (Phi) is 4.05. The molecule has 0 atom stereocenters. The summed E-state index contributed by atoms with van der Waals surface area (Å²) in [5, 5.41) is 17.9. The third-order valence-corrected chi connectivity index (χ3v) is 2.48.